The van der Waals surface area contributed by atoms with Gasteiger partial charge in [-0.05, 0) is 24.1 Å². The van der Waals surface area contributed by atoms with E-state index in [-0.39, 0.29) is 12.4 Å². The first kappa shape index (κ1) is 12.7. The van der Waals surface area contributed by atoms with E-state index in [0.717, 1.165) is 16.9 Å². The SMILES string of the molecule is CC1Cc2c(Cl)ccc(C(=O)O)c2S1.Cl. The molecule has 1 unspecified atom stereocenters. The number of aromatic carboxylic acids is 1. The topological polar surface area (TPSA) is 37.3 Å². The second-order valence-electron chi connectivity index (χ2n) is 3.34. The standard InChI is InChI=1S/C10H9ClO2S.ClH/c1-5-4-7-8(11)3-2-6(10(12)13)9(7)14-5;/h2-3,5H,4H2,1H3,(H,12,13);1H. The zero-order valence-corrected chi connectivity index (χ0v) is 10.4. The van der Waals surface area contributed by atoms with Crippen molar-refractivity contribution in [2.45, 2.75) is 23.5 Å². The number of thioether (sulfide) groups is 1. The normalized spacial score (nSPS) is 18.1. The molecule has 0 aromatic heterocycles. The first-order valence-corrected chi connectivity index (χ1v) is 5.56. The summed E-state index contributed by atoms with van der Waals surface area (Å²) in [6.07, 6.45) is 0.861. The number of carbonyl (C=O) groups is 1. The van der Waals surface area contributed by atoms with Gasteiger partial charge in [-0.1, -0.05) is 18.5 Å². The summed E-state index contributed by atoms with van der Waals surface area (Å²) in [5, 5.41) is 10.1. The number of fused-ring (bicyclic) bond motifs is 1. The highest BCUT2D eigenvalue weighted by Gasteiger charge is 2.26. The molecule has 1 aromatic carbocycles. The van der Waals surface area contributed by atoms with Crippen LogP contribution in [0.4, 0.5) is 0 Å². The predicted molar refractivity (Wildman–Crippen MR) is 64.7 cm³/mol. The van der Waals surface area contributed by atoms with Crippen molar-refractivity contribution in [1.29, 1.82) is 0 Å². The zero-order chi connectivity index (χ0) is 10.3. The summed E-state index contributed by atoms with van der Waals surface area (Å²) in [7, 11) is 0. The number of carboxylic acid groups (broad SMARTS) is 1. The van der Waals surface area contributed by atoms with E-state index in [0.29, 0.717) is 15.8 Å². The minimum Gasteiger partial charge on any atom is -0.478 e. The fraction of sp³-hybridized carbons (Fsp3) is 0.300. The van der Waals surface area contributed by atoms with E-state index in [1.807, 2.05) is 0 Å². The summed E-state index contributed by atoms with van der Waals surface area (Å²) in [6.45, 7) is 2.08. The monoisotopic (exact) mass is 264 g/mol. The number of carboxylic acids is 1. The molecule has 1 heterocycles. The highest BCUT2D eigenvalue weighted by molar-refractivity contribution is 8.00. The van der Waals surface area contributed by atoms with Crippen LogP contribution in [0.3, 0.4) is 0 Å². The van der Waals surface area contributed by atoms with Gasteiger partial charge in [-0.15, -0.1) is 24.2 Å². The molecule has 2 rings (SSSR count). The van der Waals surface area contributed by atoms with E-state index in [1.165, 1.54) is 0 Å². The van der Waals surface area contributed by atoms with Crippen LogP contribution in [0.25, 0.3) is 0 Å². The van der Waals surface area contributed by atoms with E-state index in [9.17, 15) is 4.79 Å². The molecular formula is C10H10Cl2O2S. The van der Waals surface area contributed by atoms with E-state index in [2.05, 4.69) is 6.92 Å². The van der Waals surface area contributed by atoms with Crippen molar-refractivity contribution in [1.82, 2.24) is 0 Å². The Morgan fingerprint density at radius 3 is 2.87 bits per heavy atom. The molecule has 1 aliphatic heterocycles. The van der Waals surface area contributed by atoms with Crippen molar-refractivity contribution in [2.24, 2.45) is 0 Å². The van der Waals surface area contributed by atoms with Gasteiger partial charge in [0.2, 0.25) is 0 Å². The van der Waals surface area contributed by atoms with Crippen LogP contribution < -0.4 is 0 Å². The summed E-state index contributed by atoms with van der Waals surface area (Å²) in [5.74, 6) is -0.875. The first-order chi connectivity index (χ1) is 6.59. The van der Waals surface area contributed by atoms with Crippen molar-refractivity contribution < 1.29 is 9.90 Å². The summed E-state index contributed by atoms with van der Waals surface area (Å²) in [5.41, 5.74) is 1.36. The number of halogens is 2. The van der Waals surface area contributed by atoms with Crippen molar-refractivity contribution >= 4 is 41.7 Å². The highest BCUT2D eigenvalue weighted by Crippen LogP contribution is 2.42. The predicted octanol–water partition coefficient (Wildman–Crippen LogP) is 3.50. The lowest BCUT2D eigenvalue weighted by molar-refractivity contribution is 0.0693. The molecule has 0 saturated carbocycles. The van der Waals surface area contributed by atoms with Crippen LogP contribution in [-0.4, -0.2) is 16.3 Å². The van der Waals surface area contributed by atoms with E-state index >= 15 is 0 Å². The average Bonchev–Trinajstić information content (AvgIpc) is 2.47. The van der Waals surface area contributed by atoms with Gasteiger partial charge in [-0.25, -0.2) is 4.79 Å². The van der Waals surface area contributed by atoms with Crippen LogP contribution in [0.15, 0.2) is 17.0 Å². The maximum Gasteiger partial charge on any atom is 0.336 e. The number of hydrogen-bond acceptors (Lipinski definition) is 2. The maximum atomic E-state index is 10.9. The van der Waals surface area contributed by atoms with Gasteiger partial charge >= 0.3 is 5.97 Å². The molecule has 1 aliphatic rings. The summed E-state index contributed by atoms with van der Waals surface area (Å²) in [6, 6.07) is 3.25. The van der Waals surface area contributed by atoms with Crippen molar-refractivity contribution in [2.75, 3.05) is 0 Å². The van der Waals surface area contributed by atoms with E-state index in [4.69, 9.17) is 16.7 Å². The van der Waals surface area contributed by atoms with Gasteiger partial charge in [0.15, 0.2) is 0 Å². The van der Waals surface area contributed by atoms with Crippen LogP contribution in [0, 0.1) is 0 Å². The van der Waals surface area contributed by atoms with Gasteiger partial charge < -0.3 is 5.11 Å². The molecule has 2 nitrogen and oxygen atoms in total. The first-order valence-electron chi connectivity index (χ1n) is 4.31. The van der Waals surface area contributed by atoms with E-state index < -0.39 is 5.97 Å². The smallest absolute Gasteiger partial charge is 0.336 e. The fourth-order valence-electron chi connectivity index (χ4n) is 1.63. The molecular weight excluding hydrogens is 255 g/mol. The molecule has 82 valence electrons. The second-order valence-corrected chi connectivity index (χ2v) is 5.20. The van der Waals surface area contributed by atoms with E-state index in [1.54, 1.807) is 23.9 Å². The van der Waals surface area contributed by atoms with Gasteiger partial charge in [-0.3, -0.25) is 0 Å². The van der Waals surface area contributed by atoms with Crippen LogP contribution in [0.5, 0.6) is 0 Å². The maximum absolute atomic E-state index is 10.9. The molecule has 0 radical (unpaired) electrons. The number of hydrogen-bond donors (Lipinski definition) is 1. The van der Waals surface area contributed by atoms with Crippen LogP contribution in [-0.2, 0) is 6.42 Å². The van der Waals surface area contributed by atoms with Crippen molar-refractivity contribution in [3.8, 4) is 0 Å². The Morgan fingerprint density at radius 1 is 1.60 bits per heavy atom. The molecule has 1 atom stereocenters. The number of benzene rings is 1. The largest absolute Gasteiger partial charge is 0.478 e. The van der Waals surface area contributed by atoms with Gasteiger partial charge in [0.05, 0.1) is 5.56 Å². The zero-order valence-electron chi connectivity index (χ0n) is 7.99. The van der Waals surface area contributed by atoms with Gasteiger partial charge in [-0.2, -0.15) is 0 Å². The summed E-state index contributed by atoms with van der Waals surface area (Å²) >= 11 is 7.60. The lowest BCUT2D eigenvalue weighted by Gasteiger charge is -2.04. The Hall–Kier alpha value is -0.380. The molecule has 0 bridgehead atoms. The van der Waals surface area contributed by atoms with Crippen LogP contribution in [0.1, 0.15) is 22.8 Å². The number of rotatable bonds is 1. The molecule has 15 heavy (non-hydrogen) atoms. The summed E-state index contributed by atoms with van der Waals surface area (Å²) in [4.78, 5) is 11.8. The lowest BCUT2D eigenvalue weighted by atomic mass is 10.1. The quantitative estimate of drug-likeness (QED) is 0.844. The Kier molecular flexibility index (Phi) is 3.93. The molecule has 0 amide bonds. The molecule has 0 fully saturated rings. The Balaban J connectivity index is 0.00000112. The molecule has 1 N–H and O–H groups in total. The Bertz CT molecular complexity index is 407. The van der Waals surface area contributed by atoms with Crippen LogP contribution >= 0.6 is 35.8 Å². The van der Waals surface area contributed by atoms with Crippen molar-refractivity contribution in [3.63, 3.8) is 0 Å². The third kappa shape index (κ3) is 2.25. The average molecular weight is 265 g/mol. The third-order valence-electron chi connectivity index (χ3n) is 2.24. The Morgan fingerprint density at radius 2 is 2.27 bits per heavy atom. The molecule has 0 aliphatic carbocycles. The summed E-state index contributed by atoms with van der Waals surface area (Å²) < 4.78 is 0. The molecule has 1 aromatic rings. The van der Waals surface area contributed by atoms with Gasteiger partial charge in [0.1, 0.15) is 0 Å². The highest BCUT2D eigenvalue weighted by atomic mass is 35.5. The molecule has 0 spiro atoms. The minimum absolute atomic E-state index is 0. The Labute approximate surface area is 103 Å². The minimum atomic E-state index is -0.875. The lowest BCUT2D eigenvalue weighted by Crippen LogP contribution is -1.99. The third-order valence-corrected chi connectivity index (χ3v) is 3.87. The van der Waals surface area contributed by atoms with Crippen LogP contribution in [0.2, 0.25) is 5.02 Å². The molecule has 0 saturated heterocycles. The fourth-order valence-corrected chi connectivity index (χ4v) is 3.19. The van der Waals surface area contributed by atoms with Crippen molar-refractivity contribution in [3.05, 3.63) is 28.3 Å². The van der Waals surface area contributed by atoms with Gasteiger partial charge in [0, 0.05) is 15.2 Å². The van der Waals surface area contributed by atoms with Gasteiger partial charge in [0.25, 0.3) is 0 Å². The second kappa shape index (κ2) is 4.64. The molecule has 5 heteroatoms.